The van der Waals surface area contributed by atoms with Crippen molar-refractivity contribution in [2.24, 2.45) is 0 Å². The molecule has 0 saturated carbocycles. The van der Waals surface area contributed by atoms with Gasteiger partial charge in [-0.1, -0.05) is 29.3 Å². The lowest BCUT2D eigenvalue weighted by molar-refractivity contribution is -0.119. The first-order valence-electron chi connectivity index (χ1n) is 6.17. The van der Waals surface area contributed by atoms with E-state index < -0.39 is 6.04 Å². The molecule has 6 heteroatoms. The molecular weight excluding hydrogens is 297 g/mol. The van der Waals surface area contributed by atoms with Gasteiger partial charge >= 0.3 is 0 Å². The van der Waals surface area contributed by atoms with Crippen LogP contribution in [0.4, 0.5) is 5.69 Å². The molecule has 1 atom stereocenters. The van der Waals surface area contributed by atoms with E-state index in [2.05, 4.69) is 10.4 Å². The summed E-state index contributed by atoms with van der Waals surface area (Å²) in [5, 5.41) is 8.14. The number of rotatable bonds is 3. The third-order valence-corrected chi connectivity index (χ3v) is 4.04. The van der Waals surface area contributed by atoms with E-state index in [1.807, 2.05) is 19.9 Å². The van der Waals surface area contributed by atoms with Gasteiger partial charge in [0.2, 0.25) is 5.91 Å². The van der Waals surface area contributed by atoms with Crippen LogP contribution in [0.5, 0.6) is 0 Å². The van der Waals surface area contributed by atoms with E-state index in [-0.39, 0.29) is 5.91 Å². The summed E-state index contributed by atoms with van der Waals surface area (Å²) in [6.45, 7) is 5.45. The number of halogens is 2. The van der Waals surface area contributed by atoms with Crippen LogP contribution in [-0.4, -0.2) is 15.7 Å². The Labute approximate surface area is 127 Å². The molecule has 1 amide bonds. The van der Waals surface area contributed by atoms with Gasteiger partial charge in [0.05, 0.1) is 16.9 Å². The zero-order chi connectivity index (χ0) is 14.9. The molecule has 0 aliphatic carbocycles. The van der Waals surface area contributed by atoms with Crippen LogP contribution < -0.4 is 5.32 Å². The normalized spacial score (nSPS) is 12.2. The molecule has 106 valence electrons. The largest absolute Gasteiger partial charge is 0.324 e. The van der Waals surface area contributed by atoms with E-state index in [0.29, 0.717) is 15.7 Å². The number of carbonyl (C=O) groups is 1. The van der Waals surface area contributed by atoms with Crippen LogP contribution >= 0.6 is 23.2 Å². The molecular formula is C14H15Cl2N3O. The molecule has 1 unspecified atom stereocenters. The highest BCUT2D eigenvalue weighted by Gasteiger charge is 2.19. The molecule has 0 fully saturated rings. The summed E-state index contributed by atoms with van der Waals surface area (Å²) >= 11 is 12.0. The minimum atomic E-state index is -0.458. The van der Waals surface area contributed by atoms with Gasteiger partial charge in [0.1, 0.15) is 6.04 Å². The quantitative estimate of drug-likeness (QED) is 0.931. The van der Waals surface area contributed by atoms with Crippen molar-refractivity contribution in [2.45, 2.75) is 26.8 Å². The Morgan fingerprint density at radius 3 is 2.60 bits per heavy atom. The Bertz CT molecular complexity index is 652. The van der Waals surface area contributed by atoms with E-state index in [4.69, 9.17) is 23.2 Å². The van der Waals surface area contributed by atoms with Crippen LogP contribution in [-0.2, 0) is 4.79 Å². The van der Waals surface area contributed by atoms with Crippen molar-refractivity contribution < 1.29 is 4.79 Å². The predicted molar refractivity (Wildman–Crippen MR) is 81.5 cm³/mol. The SMILES string of the molecule is Cc1c(Cl)cccc1NC(=O)C(C)n1ncc(Cl)c1C. The van der Waals surface area contributed by atoms with E-state index in [9.17, 15) is 4.79 Å². The van der Waals surface area contributed by atoms with Crippen molar-refractivity contribution in [3.63, 3.8) is 0 Å². The van der Waals surface area contributed by atoms with Gasteiger partial charge in [-0.25, -0.2) is 0 Å². The van der Waals surface area contributed by atoms with Crippen molar-refractivity contribution in [2.75, 3.05) is 5.32 Å². The van der Waals surface area contributed by atoms with Crippen LogP contribution in [0, 0.1) is 13.8 Å². The lowest BCUT2D eigenvalue weighted by atomic mass is 10.2. The van der Waals surface area contributed by atoms with Gasteiger partial charge in [-0.3, -0.25) is 9.48 Å². The van der Waals surface area contributed by atoms with Crippen LogP contribution in [0.15, 0.2) is 24.4 Å². The zero-order valence-corrected chi connectivity index (χ0v) is 13.0. The van der Waals surface area contributed by atoms with Gasteiger partial charge in [0.25, 0.3) is 0 Å². The van der Waals surface area contributed by atoms with Gasteiger partial charge in [-0.15, -0.1) is 0 Å². The standard InChI is InChI=1S/C14H15Cl2N3O/c1-8-11(15)5-4-6-13(8)18-14(20)10(3)19-9(2)12(16)7-17-19/h4-7,10H,1-3H3,(H,18,20). The third kappa shape index (κ3) is 2.81. The Morgan fingerprint density at radius 2 is 2.00 bits per heavy atom. The molecule has 1 aromatic heterocycles. The number of nitrogens with one attached hydrogen (secondary N) is 1. The maximum Gasteiger partial charge on any atom is 0.248 e. The molecule has 1 heterocycles. The highest BCUT2D eigenvalue weighted by atomic mass is 35.5. The van der Waals surface area contributed by atoms with Gasteiger partial charge in [-0.2, -0.15) is 5.10 Å². The monoisotopic (exact) mass is 311 g/mol. The summed E-state index contributed by atoms with van der Waals surface area (Å²) in [5.41, 5.74) is 2.30. The molecule has 0 spiro atoms. The lowest BCUT2D eigenvalue weighted by Gasteiger charge is -2.16. The molecule has 0 saturated heterocycles. The maximum absolute atomic E-state index is 12.3. The Hall–Kier alpha value is -1.52. The van der Waals surface area contributed by atoms with Gasteiger partial charge in [0.15, 0.2) is 0 Å². The zero-order valence-electron chi connectivity index (χ0n) is 11.4. The number of carbonyl (C=O) groups excluding carboxylic acids is 1. The second-order valence-corrected chi connectivity index (χ2v) is 5.41. The molecule has 1 N–H and O–H groups in total. The van der Waals surface area contributed by atoms with Crippen LogP contribution in [0.2, 0.25) is 10.0 Å². The van der Waals surface area contributed by atoms with Crippen molar-refractivity contribution in [1.82, 2.24) is 9.78 Å². The van der Waals surface area contributed by atoms with Gasteiger partial charge < -0.3 is 5.32 Å². The highest BCUT2D eigenvalue weighted by Crippen LogP contribution is 2.24. The molecule has 1 aromatic carbocycles. The second-order valence-electron chi connectivity index (χ2n) is 4.60. The maximum atomic E-state index is 12.3. The van der Waals surface area contributed by atoms with E-state index in [1.165, 1.54) is 6.20 Å². The number of nitrogens with zero attached hydrogens (tertiary/aromatic N) is 2. The fourth-order valence-corrected chi connectivity index (χ4v) is 2.19. The Kier molecular flexibility index (Phi) is 4.35. The van der Waals surface area contributed by atoms with Crippen LogP contribution in [0.3, 0.4) is 0 Å². The fourth-order valence-electron chi connectivity index (χ4n) is 1.88. The highest BCUT2D eigenvalue weighted by molar-refractivity contribution is 6.32. The van der Waals surface area contributed by atoms with Crippen molar-refractivity contribution >= 4 is 34.8 Å². The van der Waals surface area contributed by atoms with E-state index >= 15 is 0 Å². The van der Waals surface area contributed by atoms with Crippen molar-refractivity contribution in [3.8, 4) is 0 Å². The number of benzene rings is 1. The lowest BCUT2D eigenvalue weighted by Crippen LogP contribution is -2.25. The fraction of sp³-hybridized carbons (Fsp3) is 0.286. The summed E-state index contributed by atoms with van der Waals surface area (Å²) in [6.07, 6.45) is 1.53. The number of amides is 1. The minimum Gasteiger partial charge on any atom is -0.324 e. The molecule has 0 aliphatic rings. The third-order valence-electron chi connectivity index (χ3n) is 3.26. The summed E-state index contributed by atoms with van der Waals surface area (Å²) in [7, 11) is 0. The molecule has 0 radical (unpaired) electrons. The van der Waals surface area contributed by atoms with E-state index in [0.717, 1.165) is 11.3 Å². The predicted octanol–water partition coefficient (Wildman–Crippen LogP) is 4.01. The summed E-state index contributed by atoms with van der Waals surface area (Å²) in [6, 6.07) is 4.94. The van der Waals surface area contributed by atoms with Gasteiger partial charge in [0, 0.05) is 10.7 Å². The molecule has 2 rings (SSSR count). The summed E-state index contributed by atoms with van der Waals surface area (Å²) < 4.78 is 1.59. The molecule has 20 heavy (non-hydrogen) atoms. The van der Waals surface area contributed by atoms with Crippen LogP contribution in [0.1, 0.15) is 24.2 Å². The van der Waals surface area contributed by atoms with Crippen molar-refractivity contribution in [3.05, 3.63) is 45.7 Å². The summed E-state index contributed by atoms with van der Waals surface area (Å²) in [5.74, 6) is -0.168. The Balaban J connectivity index is 2.20. The number of aromatic nitrogens is 2. The first-order valence-corrected chi connectivity index (χ1v) is 6.93. The molecule has 4 nitrogen and oxygen atoms in total. The smallest absolute Gasteiger partial charge is 0.248 e. The number of hydrogen-bond acceptors (Lipinski definition) is 2. The minimum absolute atomic E-state index is 0.168. The topological polar surface area (TPSA) is 46.9 Å². The first kappa shape index (κ1) is 14.9. The average Bonchev–Trinajstić information content (AvgIpc) is 2.74. The summed E-state index contributed by atoms with van der Waals surface area (Å²) in [4.78, 5) is 12.3. The first-order chi connectivity index (χ1) is 9.41. The van der Waals surface area contributed by atoms with Crippen molar-refractivity contribution in [1.29, 1.82) is 0 Å². The molecule has 2 aromatic rings. The Morgan fingerprint density at radius 1 is 1.30 bits per heavy atom. The van der Waals surface area contributed by atoms with Crippen LogP contribution in [0.25, 0.3) is 0 Å². The molecule has 0 aliphatic heterocycles. The van der Waals surface area contributed by atoms with E-state index in [1.54, 1.807) is 23.7 Å². The number of anilines is 1. The number of hydrogen-bond donors (Lipinski definition) is 1. The molecule has 0 bridgehead atoms. The average molecular weight is 312 g/mol. The second kappa shape index (κ2) is 5.85. The van der Waals surface area contributed by atoms with Gasteiger partial charge in [-0.05, 0) is 38.5 Å².